The summed E-state index contributed by atoms with van der Waals surface area (Å²) < 4.78 is 29.8. The van der Waals surface area contributed by atoms with Crippen LogP contribution in [0.25, 0.3) is 0 Å². The van der Waals surface area contributed by atoms with Crippen molar-refractivity contribution in [3.05, 3.63) is 102 Å². The van der Waals surface area contributed by atoms with Crippen LogP contribution in [-0.2, 0) is 14.3 Å². The molecule has 1 fully saturated rings. The molecule has 34 heavy (non-hydrogen) atoms. The van der Waals surface area contributed by atoms with Crippen molar-refractivity contribution >= 4 is 10.1 Å². The van der Waals surface area contributed by atoms with Gasteiger partial charge in [0, 0.05) is 26.2 Å². The summed E-state index contributed by atoms with van der Waals surface area (Å²) in [5, 5.41) is 0. The Morgan fingerprint density at radius 1 is 0.765 bits per heavy atom. The second-order valence-corrected chi connectivity index (χ2v) is 10.5. The van der Waals surface area contributed by atoms with Crippen LogP contribution in [0.5, 0.6) is 0 Å². The Morgan fingerprint density at radius 3 is 1.88 bits per heavy atom. The Kier molecular flexibility index (Phi) is 8.51. The average molecular weight is 479 g/mol. The van der Waals surface area contributed by atoms with Gasteiger partial charge in [0.15, 0.2) is 0 Å². The molecule has 6 heteroatoms. The molecular weight excluding hydrogens is 444 g/mol. The fourth-order valence-electron chi connectivity index (χ4n) is 4.51. The second-order valence-electron chi connectivity index (χ2n) is 8.90. The quantitative estimate of drug-likeness (QED) is 0.307. The van der Waals surface area contributed by atoms with Gasteiger partial charge >= 0.3 is 0 Å². The van der Waals surface area contributed by atoms with Crippen molar-refractivity contribution in [3.8, 4) is 0 Å². The number of nitrogens with zero attached hydrogens (tertiary/aromatic N) is 2. The van der Waals surface area contributed by atoms with E-state index in [2.05, 4.69) is 70.5 Å². The van der Waals surface area contributed by atoms with E-state index in [0.29, 0.717) is 0 Å². The van der Waals surface area contributed by atoms with Gasteiger partial charge in [-0.1, -0.05) is 78.4 Å². The molecule has 180 valence electrons. The summed E-state index contributed by atoms with van der Waals surface area (Å²) in [7, 11) is -3.67. The monoisotopic (exact) mass is 478 g/mol. The van der Waals surface area contributed by atoms with E-state index < -0.39 is 10.1 Å². The minimum absolute atomic E-state index is 0.222. The average Bonchev–Trinajstić information content (AvgIpc) is 2.86. The van der Waals surface area contributed by atoms with Crippen LogP contribution < -0.4 is 0 Å². The number of piperazine rings is 1. The van der Waals surface area contributed by atoms with Crippen molar-refractivity contribution in [3.63, 3.8) is 0 Å². The maximum Gasteiger partial charge on any atom is 0.296 e. The molecule has 3 aromatic carbocycles. The Hall–Kier alpha value is -2.51. The second kappa shape index (κ2) is 11.8. The summed E-state index contributed by atoms with van der Waals surface area (Å²) in [6.45, 7) is 7.15. The molecule has 4 rings (SSSR count). The maximum atomic E-state index is 12.3. The predicted octanol–water partition coefficient (Wildman–Crippen LogP) is 4.89. The molecule has 5 nitrogen and oxygen atoms in total. The lowest BCUT2D eigenvalue weighted by atomic mass is 9.96. The Balaban J connectivity index is 1.23. The van der Waals surface area contributed by atoms with Gasteiger partial charge in [-0.15, -0.1) is 0 Å². The van der Waals surface area contributed by atoms with Crippen molar-refractivity contribution in [1.29, 1.82) is 0 Å². The van der Waals surface area contributed by atoms with Crippen LogP contribution in [0.2, 0.25) is 0 Å². The summed E-state index contributed by atoms with van der Waals surface area (Å²) in [5.41, 5.74) is 3.68. The largest absolute Gasteiger partial charge is 0.301 e. The highest BCUT2D eigenvalue weighted by Gasteiger charge is 2.26. The first kappa shape index (κ1) is 24.6. The summed E-state index contributed by atoms with van der Waals surface area (Å²) in [6.07, 6.45) is 1.65. The van der Waals surface area contributed by atoms with Gasteiger partial charge in [-0.25, -0.2) is 0 Å². The highest BCUT2D eigenvalue weighted by molar-refractivity contribution is 7.86. The molecule has 1 saturated heterocycles. The van der Waals surface area contributed by atoms with Crippen molar-refractivity contribution in [2.75, 3.05) is 39.3 Å². The van der Waals surface area contributed by atoms with Gasteiger partial charge < -0.3 is 4.90 Å². The van der Waals surface area contributed by atoms with Crippen molar-refractivity contribution < 1.29 is 12.6 Å². The minimum Gasteiger partial charge on any atom is -0.301 e. The van der Waals surface area contributed by atoms with Gasteiger partial charge in [0.05, 0.1) is 17.5 Å². The van der Waals surface area contributed by atoms with Crippen LogP contribution in [0.3, 0.4) is 0 Å². The molecular formula is C28H34N2O3S. The molecule has 0 saturated carbocycles. The summed E-state index contributed by atoms with van der Waals surface area (Å²) in [5.74, 6) is 0. The molecule has 1 heterocycles. The van der Waals surface area contributed by atoms with Crippen LogP contribution in [0, 0.1) is 6.92 Å². The van der Waals surface area contributed by atoms with Gasteiger partial charge in [-0.2, -0.15) is 8.42 Å². The van der Waals surface area contributed by atoms with E-state index in [1.54, 1.807) is 24.3 Å². The van der Waals surface area contributed by atoms with E-state index >= 15 is 0 Å². The highest BCUT2D eigenvalue weighted by atomic mass is 32.2. The number of unbranched alkanes of at least 4 members (excludes halogenated alkanes) is 1. The van der Waals surface area contributed by atoms with E-state index in [1.807, 2.05) is 6.92 Å². The summed E-state index contributed by atoms with van der Waals surface area (Å²) >= 11 is 0. The zero-order chi connectivity index (χ0) is 23.8. The van der Waals surface area contributed by atoms with Gasteiger partial charge in [0.1, 0.15) is 0 Å². The van der Waals surface area contributed by atoms with Gasteiger partial charge in [-0.05, 0) is 49.6 Å². The van der Waals surface area contributed by atoms with E-state index in [9.17, 15) is 8.42 Å². The van der Waals surface area contributed by atoms with Gasteiger partial charge in [0.25, 0.3) is 10.1 Å². The van der Waals surface area contributed by atoms with Crippen molar-refractivity contribution in [2.24, 2.45) is 0 Å². The maximum absolute atomic E-state index is 12.3. The molecule has 3 aromatic rings. The lowest BCUT2D eigenvalue weighted by Crippen LogP contribution is -2.48. The fraction of sp³-hybridized carbons (Fsp3) is 0.357. The fourth-order valence-corrected chi connectivity index (χ4v) is 5.45. The number of rotatable bonds is 10. The van der Waals surface area contributed by atoms with E-state index in [1.165, 1.54) is 11.1 Å². The van der Waals surface area contributed by atoms with E-state index in [0.717, 1.165) is 51.1 Å². The van der Waals surface area contributed by atoms with Crippen LogP contribution in [0.4, 0.5) is 0 Å². The third-order valence-electron chi connectivity index (χ3n) is 6.42. The smallest absolute Gasteiger partial charge is 0.296 e. The molecule has 0 unspecified atom stereocenters. The van der Waals surface area contributed by atoms with E-state index in [-0.39, 0.29) is 17.5 Å². The standard InChI is InChI=1S/C28H34N2O3S/c1-24-14-16-27(17-15-24)34(31,32)33-23-9-8-18-29-19-21-30(22-20-29)28(25-10-4-2-5-11-25)26-12-6-3-7-13-26/h2-7,10-17,28H,8-9,18-23H2,1H3. The molecule has 0 atom stereocenters. The first-order valence-electron chi connectivity index (χ1n) is 12.1. The Labute approximate surface area is 204 Å². The van der Waals surface area contributed by atoms with Crippen LogP contribution >= 0.6 is 0 Å². The predicted molar refractivity (Wildman–Crippen MR) is 136 cm³/mol. The first-order chi connectivity index (χ1) is 16.5. The normalized spacial score (nSPS) is 15.6. The third kappa shape index (κ3) is 6.54. The first-order valence-corrected chi connectivity index (χ1v) is 13.5. The van der Waals surface area contributed by atoms with Crippen LogP contribution in [0.15, 0.2) is 89.8 Å². The molecule has 1 aliphatic rings. The molecule has 0 aliphatic carbocycles. The molecule has 0 N–H and O–H groups in total. The van der Waals surface area contributed by atoms with Gasteiger partial charge in [0.2, 0.25) is 0 Å². The molecule has 0 bridgehead atoms. The number of hydrogen-bond donors (Lipinski definition) is 0. The molecule has 0 radical (unpaired) electrons. The lowest BCUT2D eigenvalue weighted by Gasteiger charge is -2.39. The van der Waals surface area contributed by atoms with Crippen LogP contribution in [0.1, 0.15) is 35.6 Å². The zero-order valence-electron chi connectivity index (χ0n) is 19.8. The molecule has 0 spiro atoms. The van der Waals surface area contributed by atoms with E-state index in [4.69, 9.17) is 4.18 Å². The molecule has 1 aliphatic heterocycles. The summed E-state index contributed by atoms with van der Waals surface area (Å²) in [4.78, 5) is 5.26. The number of benzene rings is 3. The summed E-state index contributed by atoms with van der Waals surface area (Å²) in [6, 6.07) is 28.5. The SMILES string of the molecule is Cc1ccc(S(=O)(=O)OCCCCN2CCN(C(c3ccccc3)c3ccccc3)CC2)cc1. The Morgan fingerprint density at radius 2 is 1.32 bits per heavy atom. The van der Waals surface area contributed by atoms with Crippen molar-refractivity contribution in [2.45, 2.75) is 30.7 Å². The van der Waals surface area contributed by atoms with Gasteiger partial charge in [-0.3, -0.25) is 9.08 Å². The van der Waals surface area contributed by atoms with Crippen molar-refractivity contribution in [1.82, 2.24) is 9.80 Å². The number of hydrogen-bond acceptors (Lipinski definition) is 5. The molecule has 0 amide bonds. The third-order valence-corrected chi connectivity index (χ3v) is 7.75. The zero-order valence-corrected chi connectivity index (χ0v) is 20.7. The number of aryl methyl sites for hydroxylation is 1. The highest BCUT2D eigenvalue weighted by Crippen LogP contribution is 2.29. The van der Waals surface area contributed by atoms with Crippen LogP contribution in [-0.4, -0.2) is 57.5 Å². The Bertz CT molecular complexity index is 1070. The topological polar surface area (TPSA) is 49.9 Å². The lowest BCUT2D eigenvalue weighted by molar-refractivity contribution is 0.107. The molecule has 0 aromatic heterocycles. The minimum atomic E-state index is -3.67.